The molecular formula is C15H17FO2. The van der Waals surface area contributed by atoms with Crippen molar-refractivity contribution in [3.05, 3.63) is 41.2 Å². The van der Waals surface area contributed by atoms with Gasteiger partial charge < -0.3 is 0 Å². The summed E-state index contributed by atoms with van der Waals surface area (Å²) in [6, 6.07) is 5.85. The van der Waals surface area contributed by atoms with Gasteiger partial charge in [0.2, 0.25) is 0 Å². The molecule has 0 aliphatic heterocycles. The summed E-state index contributed by atoms with van der Waals surface area (Å²) < 4.78 is 12.8. The van der Waals surface area contributed by atoms with Gasteiger partial charge in [0.1, 0.15) is 11.6 Å². The van der Waals surface area contributed by atoms with Gasteiger partial charge in [0.15, 0.2) is 5.78 Å². The summed E-state index contributed by atoms with van der Waals surface area (Å²) in [5.41, 5.74) is 1.23. The predicted octanol–water partition coefficient (Wildman–Crippen LogP) is 3.56. The van der Waals surface area contributed by atoms with Crippen molar-refractivity contribution < 1.29 is 14.0 Å². The fraction of sp³-hybridized carbons (Fsp3) is 0.333. The van der Waals surface area contributed by atoms with Gasteiger partial charge in [-0.05, 0) is 23.8 Å². The fourth-order valence-corrected chi connectivity index (χ4v) is 1.55. The molecule has 0 amide bonds. The molecule has 0 unspecified atom stereocenters. The number of rotatable bonds is 6. The van der Waals surface area contributed by atoms with Crippen LogP contribution in [0.3, 0.4) is 0 Å². The first-order chi connectivity index (χ1) is 8.56. The predicted molar refractivity (Wildman–Crippen MR) is 69.6 cm³/mol. The molecular weight excluding hydrogens is 231 g/mol. The largest absolute Gasteiger partial charge is 0.299 e. The number of hydrogen-bond donors (Lipinski definition) is 0. The lowest BCUT2D eigenvalue weighted by Crippen LogP contribution is -2.06. The second kappa shape index (κ2) is 6.84. The van der Waals surface area contributed by atoms with Crippen molar-refractivity contribution >= 4 is 17.6 Å². The van der Waals surface area contributed by atoms with Crippen LogP contribution in [0.25, 0.3) is 6.08 Å². The molecule has 1 rings (SSSR count). The van der Waals surface area contributed by atoms with Gasteiger partial charge in [-0.15, -0.1) is 0 Å². The first kappa shape index (κ1) is 14.3. The first-order valence-corrected chi connectivity index (χ1v) is 6.07. The normalized spacial score (nSPS) is 11.4. The molecule has 0 N–H and O–H groups in total. The van der Waals surface area contributed by atoms with Crippen molar-refractivity contribution in [2.75, 3.05) is 0 Å². The number of Topliss-reactive ketones (excluding diaryl/α,β-unsaturated/α-hetero) is 2. The molecule has 18 heavy (non-hydrogen) atoms. The quantitative estimate of drug-likeness (QED) is 0.721. The molecule has 96 valence electrons. The first-order valence-electron chi connectivity index (χ1n) is 6.07. The molecule has 0 aliphatic rings. The van der Waals surface area contributed by atoms with Crippen molar-refractivity contribution in [2.24, 2.45) is 0 Å². The Bertz CT molecular complexity index is 458. The average Bonchev–Trinajstić information content (AvgIpc) is 2.39. The van der Waals surface area contributed by atoms with Crippen molar-refractivity contribution in [1.82, 2.24) is 0 Å². The van der Waals surface area contributed by atoms with Crippen LogP contribution in [0.1, 0.15) is 38.7 Å². The summed E-state index contributed by atoms with van der Waals surface area (Å²) in [7, 11) is 0. The van der Waals surface area contributed by atoms with Gasteiger partial charge in [-0.3, -0.25) is 9.59 Å². The second-order valence-corrected chi connectivity index (χ2v) is 4.07. The van der Waals surface area contributed by atoms with E-state index in [1.807, 2.05) is 0 Å². The van der Waals surface area contributed by atoms with E-state index in [0.717, 1.165) is 5.56 Å². The number of allylic oxidation sites excluding steroid dienone is 1. The summed E-state index contributed by atoms with van der Waals surface area (Å²) in [6.07, 6.45) is 2.60. The van der Waals surface area contributed by atoms with E-state index in [2.05, 4.69) is 0 Å². The van der Waals surface area contributed by atoms with E-state index in [4.69, 9.17) is 0 Å². The average molecular weight is 248 g/mol. The smallest absolute Gasteiger partial charge is 0.159 e. The number of halogens is 1. The lowest BCUT2D eigenvalue weighted by atomic mass is 9.99. The van der Waals surface area contributed by atoms with Crippen molar-refractivity contribution in [3.63, 3.8) is 0 Å². The standard InChI is InChI=1S/C15H17FO2/c1-3-14(17)10-12(15(18)4-2)9-11-5-7-13(16)8-6-11/h5-9H,3-4,10H2,1-2H3/b12-9+. The van der Waals surface area contributed by atoms with E-state index in [-0.39, 0.29) is 23.8 Å². The maximum absolute atomic E-state index is 12.8. The lowest BCUT2D eigenvalue weighted by Gasteiger charge is -2.04. The van der Waals surface area contributed by atoms with Crippen molar-refractivity contribution in [2.45, 2.75) is 33.1 Å². The zero-order valence-corrected chi connectivity index (χ0v) is 10.7. The van der Waals surface area contributed by atoms with E-state index in [9.17, 15) is 14.0 Å². The third kappa shape index (κ3) is 4.24. The molecule has 0 saturated heterocycles. The Hall–Kier alpha value is -1.77. The number of ketones is 2. The highest BCUT2D eigenvalue weighted by Gasteiger charge is 2.11. The Kier molecular flexibility index (Phi) is 5.43. The minimum absolute atomic E-state index is 0.0326. The van der Waals surface area contributed by atoms with Crippen molar-refractivity contribution in [1.29, 1.82) is 0 Å². The van der Waals surface area contributed by atoms with Crippen LogP contribution in [-0.4, -0.2) is 11.6 Å². The second-order valence-electron chi connectivity index (χ2n) is 4.07. The molecule has 2 nitrogen and oxygen atoms in total. The Balaban J connectivity index is 2.98. The van der Waals surface area contributed by atoms with E-state index in [0.29, 0.717) is 18.4 Å². The Labute approximate surface area is 107 Å². The molecule has 0 saturated carbocycles. The molecule has 0 aliphatic carbocycles. The highest BCUT2D eigenvalue weighted by Crippen LogP contribution is 2.14. The minimum atomic E-state index is -0.319. The van der Waals surface area contributed by atoms with Crippen LogP contribution < -0.4 is 0 Å². The van der Waals surface area contributed by atoms with Gasteiger partial charge in [0.25, 0.3) is 0 Å². The number of carbonyl (C=O) groups is 2. The molecule has 3 heteroatoms. The van der Waals surface area contributed by atoms with Crippen LogP contribution in [0.15, 0.2) is 29.8 Å². The summed E-state index contributed by atoms with van der Waals surface area (Å²) in [4.78, 5) is 23.2. The molecule has 0 atom stereocenters. The molecule has 0 heterocycles. The lowest BCUT2D eigenvalue weighted by molar-refractivity contribution is -0.120. The molecule has 1 aromatic rings. The van der Waals surface area contributed by atoms with Crippen LogP contribution in [-0.2, 0) is 9.59 Å². The van der Waals surface area contributed by atoms with Crippen LogP contribution in [0.5, 0.6) is 0 Å². The SMILES string of the molecule is CCC(=O)C/C(=C\c1ccc(F)cc1)C(=O)CC. The third-order valence-corrected chi connectivity index (χ3v) is 2.67. The maximum atomic E-state index is 12.8. The Morgan fingerprint density at radius 2 is 1.72 bits per heavy atom. The van der Waals surface area contributed by atoms with Crippen LogP contribution in [0.4, 0.5) is 4.39 Å². The molecule has 0 aromatic heterocycles. The number of hydrogen-bond acceptors (Lipinski definition) is 2. The van der Waals surface area contributed by atoms with Gasteiger partial charge in [0, 0.05) is 24.8 Å². The van der Waals surface area contributed by atoms with Crippen LogP contribution >= 0.6 is 0 Å². The molecule has 0 spiro atoms. The summed E-state index contributed by atoms with van der Waals surface area (Å²) in [5.74, 6) is -0.327. The minimum Gasteiger partial charge on any atom is -0.299 e. The highest BCUT2D eigenvalue weighted by molar-refractivity contribution is 6.03. The van der Waals surface area contributed by atoms with E-state index in [1.54, 1.807) is 32.1 Å². The number of benzene rings is 1. The third-order valence-electron chi connectivity index (χ3n) is 2.67. The Morgan fingerprint density at radius 3 is 2.22 bits per heavy atom. The van der Waals surface area contributed by atoms with Gasteiger partial charge >= 0.3 is 0 Å². The summed E-state index contributed by atoms with van der Waals surface area (Å²) >= 11 is 0. The van der Waals surface area contributed by atoms with Crippen LogP contribution in [0.2, 0.25) is 0 Å². The molecule has 0 radical (unpaired) electrons. The van der Waals surface area contributed by atoms with Gasteiger partial charge in [-0.1, -0.05) is 26.0 Å². The summed E-state index contributed by atoms with van der Waals surface area (Å²) in [5, 5.41) is 0. The van der Waals surface area contributed by atoms with Gasteiger partial charge in [-0.25, -0.2) is 4.39 Å². The molecule has 0 fully saturated rings. The highest BCUT2D eigenvalue weighted by atomic mass is 19.1. The van der Waals surface area contributed by atoms with E-state index >= 15 is 0 Å². The molecule has 1 aromatic carbocycles. The summed E-state index contributed by atoms with van der Waals surface area (Å²) in [6.45, 7) is 3.53. The zero-order valence-electron chi connectivity index (χ0n) is 10.7. The fourth-order valence-electron chi connectivity index (χ4n) is 1.55. The Morgan fingerprint density at radius 1 is 1.11 bits per heavy atom. The van der Waals surface area contributed by atoms with Crippen molar-refractivity contribution in [3.8, 4) is 0 Å². The molecule has 0 bridgehead atoms. The number of carbonyl (C=O) groups excluding carboxylic acids is 2. The topological polar surface area (TPSA) is 34.1 Å². The van der Waals surface area contributed by atoms with Gasteiger partial charge in [0.05, 0.1) is 0 Å². The van der Waals surface area contributed by atoms with Crippen LogP contribution in [0, 0.1) is 5.82 Å². The monoisotopic (exact) mass is 248 g/mol. The maximum Gasteiger partial charge on any atom is 0.159 e. The van der Waals surface area contributed by atoms with E-state index < -0.39 is 0 Å². The zero-order chi connectivity index (χ0) is 13.5. The van der Waals surface area contributed by atoms with E-state index in [1.165, 1.54) is 12.1 Å². The van der Waals surface area contributed by atoms with Gasteiger partial charge in [-0.2, -0.15) is 0 Å².